The summed E-state index contributed by atoms with van der Waals surface area (Å²) in [5.74, 6) is 0.677. The van der Waals surface area contributed by atoms with Crippen LogP contribution in [0.15, 0.2) is 66.7 Å². The van der Waals surface area contributed by atoms with E-state index >= 15 is 0 Å². The molecule has 0 bridgehead atoms. The van der Waals surface area contributed by atoms with Crippen LogP contribution < -0.4 is 4.74 Å². The van der Waals surface area contributed by atoms with Gasteiger partial charge in [0.05, 0.1) is 12.1 Å². The minimum Gasteiger partial charge on any atom is -0.495 e. The Hall–Kier alpha value is -1.71. The monoisotopic (exact) mass is 419 g/mol. The highest BCUT2D eigenvalue weighted by molar-refractivity contribution is 6.32. The molecule has 0 aromatic heterocycles. The number of halogens is 3. The van der Waals surface area contributed by atoms with E-state index in [1.165, 1.54) is 0 Å². The summed E-state index contributed by atoms with van der Waals surface area (Å²) in [6.07, 6.45) is 0. The molecule has 27 heavy (non-hydrogen) atoms. The molecule has 0 radical (unpaired) electrons. The van der Waals surface area contributed by atoms with Crippen LogP contribution in [0, 0.1) is 0 Å². The lowest BCUT2D eigenvalue weighted by Gasteiger charge is -2.23. The quantitative estimate of drug-likeness (QED) is 0.414. The van der Waals surface area contributed by atoms with Gasteiger partial charge in [-0.2, -0.15) is 0 Å². The second-order valence-corrected chi connectivity index (χ2v) is 7.65. The third-order valence-electron chi connectivity index (χ3n) is 4.21. The predicted octanol–water partition coefficient (Wildman–Crippen LogP) is 6.86. The fraction of sp³-hybridized carbons (Fsp3) is 0.182. The van der Waals surface area contributed by atoms with E-state index in [9.17, 15) is 0 Å². The van der Waals surface area contributed by atoms with Gasteiger partial charge in [0.15, 0.2) is 0 Å². The van der Waals surface area contributed by atoms with Gasteiger partial charge in [0, 0.05) is 29.7 Å². The molecule has 0 amide bonds. The van der Waals surface area contributed by atoms with Gasteiger partial charge in [-0.15, -0.1) is 0 Å². The maximum absolute atomic E-state index is 6.30. The number of hydrogen-bond donors (Lipinski definition) is 0. The minimum absolute atomic E-state index is 0.612. The Morgan fingerprint density at radius 2 is 1.22 bits per heavy atom. The number of benzene rings is 3. The molecular weight excluding hydrogens is 401 g/mol. The molecule has 0 aliphatic carbocycles. The van der Waals surface area contributed by atoms with Crippen molar-refractivity contribution in [2.75, 3.05) is 7.11 Å². The lowest BCUT2D eigenvalue weighted by atomic mass is 10.1. The largest absolute Gasteiger partial charge is 0.495 e. The van der Waals surface area contributed by atoms with Gasteiger partial charge in [0.1, 0.15) is 5.75 Å². The maximum Gasteiger partial charge on any atom is 0.137 e. The SMILES string of the molecule is COc1ccc(CN(Cc2cccc(Cl)c2)Cc2cccc(Cl)c2)cc1Cl. The van der Waals surface area contributed by atoms with Crippen molar-refractivity contribution < 1.29 is 4.74 Å². The fourth-order valence-corrected chi connectivity index (χ4v) is 3.73. The first kappa shape index (κ1) is 20.0. The molecule has 3 aromatic carbocycles. The molecule has 0 aliphatic heterocycles. The summed E-state index contributed by atoms with van der Waals surface area (Å²) >= 11 is 18.6. The lowest BCUT2D eigenvalue weighted by molar-refractivity contribution is 0.247. The molecule has 140 valence electrons. The summed E-state index contributed by atoms with van der Waals surface area (Å²) in [5.41, 5.74) is 3.43. The van der Waals surface area contributed by atoms with Gasteiger partial charge in [0.25, 0.3) is 0 Å². The van der Waals surface area contributed by atoms with Crippen LogP contribution >= 0.6 is 34.8 Å². The maximum atomic E-state index is 6.30. The summed E-state index contributed by atoms with van der Waals surface area (Å²) in [5, 5.41) is 2.09. The van der Waals surface area contributed by atoms with Gasteiger partial charge < -0.3 is 4.74 Å². The van der Waals surface area contributed by atoms with Crippen molar-refractivity contribution in [3.63, 3.8) is 0 Å². The van der Waals surface area contributed by atoms with Gasteiger partial charge >= 0.3 is 0 Å². The van der Waals surface area contributed by atoms with Crippen LogP contribution in [-0.2, 0) is 19.6 Å². The molecule has 3 rings (SSSR count). The molecule has 0 saturated heterocycles. The summed E-state index contributed by atoms with van der Waals surface area (Å²) in [7, 11) is 1.62. The van der Waals surface area contributed by atoms with E-state index < -0.39 is 0 Å². The topological polar surface area (TPSA) is 12.5 Å². The van der Waals surface area contributed by atoms with Crippen LogP contribution in [0.25, 0.3) is 0 Å². The van der Waals surface area contributed by atoms with E-state index in [1.807, 2.05) is 54.6 Å². The van der Waals surface area contributed by atoms with Crippen molar-refractivity contribution in [2.45, 2.75) is 19.6 Å². The van der Waals surface area contributed by atoms with E-state index in [0.29, 0.717) is 10.8 Å². The fourth-order valence-electron chi connectivity index (χ4n) is 3.02. The van der Waals surface area contributed by atoms with Gasteiger partial charge in [-0.1, -0.05) is 65.1 Å². The molecule has 0 atom stereocenters. The average Bonchev–Trinajstić information content (AvgIpc) is 2.62. The minimum atomic E-state index is 0.612. The Bertz CT molecular complexity index is 866. The summed E-state index contributed by atoms with van der Waals surface area (Å²) in [6, 6.07) is 21.7. The lowest BCUT2D eigenvalue weighted by Crippen LogP contribution is -2.22. The molecule has 0 N–H and O–H groups in total. The van der Waals surface area contributed by atoms with Crippen LogP contribution in [0.1, 0.15) is 16.7 Å². The molecule has 0 unspecified atom stereocenters. The first-order valence-electron chi connectivity index (χ1n) is 8.57. The molecule has 3 aromatic rings. The Kier molecular flexibility index (Phi) is 7.03. The summed E-state index contributed by atoms with van der Waals surface area (Å²) in [4.78, 5) is 2.33. The van der Waals surface area contributed by atoms with Crippen molar-refractivity contribution in [1.29, 1.82) is 0 Å². The number of nitrogens with zero attached hydrogens (tertiary/aromatic N) is 1. The van der Waals surface area contributed by atoms with Gasteiger partial charge in [-0.05, 0) is 53.1 Å². The van der Waals surface area contributed by atoms with Crippen LogP contribution in [0.2, 0.25) is 15.1 Å². The average molecular weight is 421 g/mol. The molecule has 5 heteroatoms. The first-order chi connectivity index (χ1) is 13.0. The molecule has 0 saturated carbocycles. The number of ether oxygens (including phenoxy) is 1. The predicted molar refractivity (Wildman–Crippen MR) is 114 cm³/mol. The third kappa shape index (κ3) is 5.88. The highest BCUT2D eigenvalue weighted by atomic mass is 35.5. The highest BCUT2D eigenvalue weighted by Crippen LogP contribution is 2.26. The molecule has 2 nitrogen and oxygen atoms in total. The third-order valence-corrected chi connectivity index (χ3v) is 4.98. The van der Waals surface area contributed by atoms with E-state index in [2.05, 4.69) is 17.0 Å². The number of methoxy groups -OCH3 is 1. The Morgan fingerprint density at radius 1 is 0.704 bits per heavy atom. The molecule has 0 aliphatic rings. The second-order valence-electron chi connectivity index (χ2n) is 6.37. The van der Waals surface area contributed by atoms with E-state index in [1.54, 1.807) is 7.11 Å². The standard InChI is InChI=1S/C22H20Cl3NO/c1-27-22-9-8-18(12-21(22)25)15-26(13-16-4-2-6-19(23)10-16)14-17-5-3-7-20(24)11-17/h2-12H,13-15H2,1H3. The Morgan fingerprint density at radius 3 is 1.67 bits per heavy atom. The molecule has 0 heterocycles. The van der Waals surface area contributed by atoms with Crippen molar-refractivity contribution >= 4 is 34.8 Å². The Balaban J connectivity index is 1.83. The number of hydrogen-bond acceptors (Lipinski definition) is 2. The summed E-state index contributed by atoms with van der Waals surface area (Å²) in [6.45, 7) is 2.26. The zero-order chi connectivity index (χ0) is 19.2. The van der Waals surface area contributed by atoms with Crippen LogP contribution in [0.5, 0.6) is 5.75 Å². The molecular formula is C22H20Cl3NO. The number of rotatable bonds is 7. The molecule has 0 spiro atoms. The van der Waals surface area contributed by atoms with E-state index in [-0.39, 0.29) is 0 Å². The van der Waals surface area contributed by atoms with Crippen molar-refractivity contribution in [1.82, 2.24) is 4.90 Å². The van der Waals surface area contributed by atoms with E-state index in [4.69, 9.17) is 39.5 Å². The van der Waals surface area contributed by atoms with E-state index in [0.717, 1.165) is 46.4 Å². The van der Waals surface area contributed by atoms with Crippen molar-refractivity contribution in [3.8, 4) is 5.75 Å². The zero-order valence-corrected chi connectivity index (χ0v) is 17.2. The second kappa shape index (κ2) is 9.48. The van der Waals surface area contributed by atoms with Gasteiger partial charge in [-0.25, -0.2) is 0 Å². The summed E-state index contributed by atoms with van der Waals surface area (Å²) < 4.78 is 5.25. The van der Waals surface area contributed by atoms with Crippen LogP contribution in [-0.4, -0.2) is 12.0 Å². The Labute approximate surface area is 175 Å². The first-order valence-corrected chi connectivity index (χ1v) is 9.70. The van der Waals surface area contributed by atoms with Crippen molar-refractivity contribution in [2.24, 2.45) is 0 Å². The zero-order valence-electron chi connectivity index (χ0n) is 15.0. The van der Waals surface area contributed by atoms with Crippen molar-refractivity contribution in [3.05, 3.63) is 98.5 Å². The normalized spacial score (nSPS) is 11.0. The molecule has 0 fully saturated rings. The van der Waals surface area contributed by atoms with Crippen LogP contribution in [0.4, 0.5) is 0 Å². The van der Waals surface area contributed by atoms with Gasteiger partial charge in [0.2, 0.25) is 0 Å². The highest BCUT2D eigenvalue weighted by Gasteiger charge is 2.11. The van der Waals surface area contributed by atoms with Crippen LogP contribution in [0.3, 0.4) is 0 Å². The van der Waals surface area contributed by atoms with Gasteiger partial charge in [-0.3, -0.25) is 4.90 Å². The smallest absolute Gasteiger partial charge is 0.137 e.